The van der Waals surface area contributed by atoms with Crippen molar-refractivity contribution in [2.24, 2.45) is 18.4 Å². The maximum Gasteiger partial charge on any atom is 0.472 e. The quantitative estimate of drug-likeness (QED) is 0.0905. The van der Waals surface area contributed by atoms with Gasteiger partial charge in [0, 0.05) is 43.3 Å². The Balaban J connectivity index is 1.58. The molecule has 5 aromatic rings. The number of nitrogens with one attached hydrogen (secondary N) is 1. The smallest absolute Gasteiger partial charge is 0.421 e. The third-order valence-corrected chi connectivity index (χ3v) is 9.97. The molecule has 0 aliphatic heterocycles. The SMILES string of the molecule is Cn1ccc2c([C@@H](c3cn(CCC4CCC4)nn3)N(C(=O)OCOP(=O)(O)O)c3cc(Cl)c4ncc(C#N)c(NCC(C)(C)C)c4c3)cccc2c1=O. The molecule has 0 unspecified atom stereocenters. The standard InChI is InChI=1S/C36H40ClN8O7P/c1-36(2,3)20-40-31-23(17-38)18-39-32-28(31)15-24(16-29(32)37)45(35(47)51-21-52-53(48,49)50)33(30-19-44(42-41-30)14-11-22-7-5-8-22)26-9-6-10-27-25(26)12-13-43(4)34(27)46/h6,9-10,12-13,15-16,18-19,22,33H,5,7-8,11,14,20-21H2,1-4H3,(H,39,40)(H2,48,49,50)/t33-/m0/s1. The number of hydrogen-bond donors (Lipinski definition) is 3. The van der Waals surface area contributed by atoms with Crippen molar-refractivity contribution in [1.82, 2.24) is 24.5 Å². The third-order valence-electron chi connectivity index (χ3n) is 9.24. The first-order chi connectivity index (χ1) is 25.1. The number of anilines is 2. The van der Waals surface area contributed by atoms with Gasteiger partial charge in [-0.3, -0.25) is 19.4 Å². The van der Waals surface area contributed by atoms with Crippen LogP contribution >= 0.6 is 19.4 Å². The van der Waals surface area contributed by atoms with Crippen molar-refractivity contribution in [3.63, 3.8) is 0 Å². The second-order valence-corrected chi connectivity index (χ2v) is 16.0. The lowest BCUT2D eigenvalue weighted by atomic mass is 9.83. The Kier molecular flexibility index (Phi) is 10.9. The van der Waals surface area contributed by atoms with E-state index in [4.69, 9.17) is 16.3 Å². The molecule has 17 heteroatoms. The molecule has 3 aromatic heterocycles. The van der Waals surface area contributed by atoms with Crippen molar-refractivity contribution in [1.29, 1.82) is 5.26 Å². The van der Waals surface area contributed by atoms with Crippen molar-refractivity contribution in [3.8, 4) is 6.07 Å². The number of fused-ring (bicyclic) bond motifs is 2. The summed E-state index contributed by atoms with van der Waals surface area (Å²) >= 11 is 6.90. The fourth-order valence-corrected chi connectivity index (χ4v) is 6.75. The van der Waals surface area contributed by atoms with Crippen molar-refractivity contribution in [3.05, 3.63) is 87.2 Å². The Morgan fingerprint density at radius 3 is 2.66 bits per heavy atom. The van der Waals surface area contributed by atoms with E-state index in [1.807, 2.05) is 20.8 Å². The number of benzene rings is 2. The molecule has 1 aliphatic rings. The molecule has 1 aliphatic carbocycles. The summed E-state index contributed by atoms with van der Waals surface area (Å²) in [5.74, 6) is 0.598. The molecule has 1 fully saturated rings. The normalized spacial score (nSPS) is 14.2. The Bertz CT molecular complexity index is 2320. The molecule has 0 spiro atoms. The second kappa shape index (κ2) is 15.3. The molecule has 15 nitrogen and oxygen atoms in total. The van der Waals surface area contributed by atoms with Gasteiger partial charge in [-0.25, -0.2) is 13.9 Å². The molecule has 1 saturated carbocycles. The van der Waals surface area contributed by atoms with E-state index < -0.39 is 26.8 Å². The van der Waals surface area contributed by atoms with E-state index in [2.05, 4.69) is 31.2 Å². The Morgan fingerprint density at radius 1 is 1.21 bits per heavy atom. The summed E-state index contributed by atoms with van der Waals surface area (Å²) in [7, 11) is -3.39. The van der Waals surface area contributed by atoms with E-state index in [-0.39, 0.29) is 27.2 Å². The number of nitriles is 1. The van der Waals surface area contributed by atoms with Crippen LogP contribution in [-0.4, -0.2) is 53.8 Å². The lowest BCUT2D eigenvalue weighted by molar-refractivity contribution is 0.0427. The van der Waals surface area contributed by atoms with Gasteiger partial charge in [0.05, 0.1) is 33.7 Å². The second-order valence-electron chi connectivity index (χ2n) is 14.3. The van der Waals surface area contributed by atoms with E-state index in [9.17, 15) is 29.2 Å². The number of hydrogen-bond acceptors (Lipinski definition) is 10. The minimum Gasteiger partial charge on any atom is -0.421 e. The van der Waals surface area contributed by atoms with Crippen LogP contribution in [0.2, 0.25) is 5.02 Å². The van der Waals surface area contributed by atoms with Gasteiger partial charge in [0.15, 0.2) is 0 Å². The number of aryl methyl sites for hydroxylation is 2. The molecule has 53 heavy (non-hydrogen) atoms. The van der Waals surface area contributed by atoms with Gasteiger partial charge in [-0.1, -0.05) is 69.0 Å². The van der Waals surface area contributed by atoms with Crippen LogP contribution < -0.4 is 15.8 Å². The molecule has 3 heterocycles. The van der Waals surface area contributed by atoms with Crippen LogP contribution in [0.4, 0.5) is 16.2 Å². The highest BCUT2D eigenvalue weighted by Crippen LogP contribution is 2.41. The molecular weight excluding hydrogens is 723 g/mol. The number of aromatic nitrogens is 5. The first-order valence-corrected chi connectivity index (χ1v) is 18.9. The lowest BCUT2D eigenvalue weighted by Crippen LogP contribution is -2.37. The summed E-state index contributed by atoms with van der Waals surface area (Å²) in [6, 6.07) is 11.1. The molecule has 0 saturated heterocycles. The van der Waals surface area contributed by atoms with Crippen LogP contribution in [0.3, 0.4) is 0 Å². The number of rotatable bonds is 12. The number of carbonyl (C=O) groups is 1. The molecule has 6 rings (SSSR count). The molecule has 1 atom stereocenters. The Hall–Kier alpha value is -4.84. The topological polar surface area (TPSA) is 198 Å². The Labute approximate surface area is 310 Å². The monoisotopic (exact) mass is 762 g/mol. The predicted molar refractivity (Wildman–Crippen MR) is 199 cm³/mol. The van der Waals surface area contributed by atoms with E-state index in [0.29, 0.717) is 57.6 Å². The van der Waals surface area contributed by atoms with Crippen molar-refractivity contribution >= 4 is 58.6 Å². The molecule has 3 N–H and O–H groups in total. The molecule has 0 radical (unpaired) electrons. The van der Waals surface area contributed by atoms with Gasteiger partial charge in [0.1, 0.15) is 17.8 Å². The number of halogens is 1. The zero-order valence-corrected chi connectivity index (χ0v) is 31.3. The number of nitrogens with zero attached hydrogens (tertiary/aromatic N) is 7. The van der Waals surface area contributed by atoms with Gasteiger partial charge in [-0.2, -0.15) is 5.26 Å². The van der Waals surface area contributed by atoms with E-state index >= 15 is 0 Å². The summed E-state index contributed by atoms with van der Waals surface area (Å²) in [5.41, 5.74) is 1.55. The molecule has 278 valence electrons. The van der Waals surface area contributed by atoms with Crippen LogP contribution in [0.25, 0.3) is 21.7 Å². The van der Waals surface area contributed by atoms with Crippen molar-refractivity contribution in [2.75, 3.05) is 23.6 Å². The van der Waals surface area contributed by atoms with Crippen LogP contribution in [0, 0.1) is 22.7 Å². The zero-order chi connectivity index (χ0) is 38.1. The molecule has 1 amide bonds. The van der Waals surface area contributed by atoms with Crippen LogP contribution in [0.5, 0.6) is 0 Å². The zero-order valence-electron chi connectivity index (χ0n) is 29.7. The number of phosphoric ester groups is 1. The number of pyridine rings is 2. The van der Waals surface area contributed by atoms with Crippen molar-refractivity contribution in [2.45, 2.75) is 59.0 Å². The lowest BCUT2D eigenvalue weighted by Gasteiger charge is -2.31. The van der Waals surface area contributed by atoms with E-state index in [0.717, 1.165) is 19.3 Å². The average molecular weight is 763 g/mol. The van der Waals surface area contributed by atoms with Crippen LogP contribution in [0.15, 0.2) is 59.8 Å². The van der Waals surface area contributed by atoms with Gasteiger partial charge < -0.3 is 24.4 Å². The van der Waals surface area contributed by atoms with Gasteiger partial charge in [0.2, 0.25) is 6.79 Å². The fraction of sp³-hybridized carbons (Fsp3) is 0.389. The molecular formula is C36H40ClN8O7P. The minimum atomic E-state index is -5.02. The van der Waals surface area contributed by atoms with Gasteiger partial charge in [-0.15, -0.1) is 5.10 Å². The summed E-state index contributed by atoms with van der Waals surface area (Å²) in [4.78, 5) is 52.1. The predicted octanol–water partition coefficient (Wildman–Crippen LogP) is 6.65. The van der Waals surface area contributed by atoms with Gasteiger partial charge in [0.25, 0.3) is 5.56 Å². The number of carbonyl (C=O) groups excluding carboxylic acids is 1. The van der Waals surface area contributed by atoms with E-state index in [1.165, 1.54) is 28.2 Å². The van der Waals surface area contributed by atoms with Crippen molar-refractivity contribution < 1.29 is 28.4 Å². The summed E-state index contributed by atoms with van der Waals surface area (Å²) in [5, 5.41) is 23.8. The highest BCUT2D eigenvalue weighted by molar-refractivity contribution is 7.46. The summed E-state index contributed by atoms with van der Waals surface area (Å²) < 4.78 is 24.6. The minimum absolute atomic E-state index is 0.139. The third kappa shape index (κ3) is 8.53. The maximum absolute atomic E-state index is 14.4. The van der Waals surface area contributed by atoms with Gasteiger partial charge >= 0.3 is 13.9 Å². The maximum atomic E-state index is 14.4. The number of phosphoric acid groups is 1. The Morgan fingerprint density at radius 2 is 1.98 bits per heavy atom. The van der Waals surface area contributed by atoms with Crippen LogP contribution in [0.1, 0.15) is 69.3 Å². The molecule has 2 aromatic carbocycles. The van der Waals surface area contributed by atoms with Gasteiger partial charge in [-0.05, 0) is 53.0 Å². The first kappa shape index (κ1) is 37.9. The highest BCUT2D eigenvalue weighted by atomic mass is 35.5. The average Bonchev–Trinajstić information content (AvgIpc) is 3.54. The number of ether oxygens (including phenoxy) is 1. The summed E-state index contributed by atoms with van der Waals surface area (Å²) in [6.07, 6.45) is 8.10. The fourth-order valence-electron chi connectivity index (χ4n) is 6.30. The highest BCUT2D eigenvalue weighted by Gasteiger charge is 2.35. The van der Waals surface area contributed by atoms with E-state index in [1.54, 1.807) is 54.5 Å². The first-order valence-electron chi connectivity index (χ1n) is 17.0. The molecule has 0 bridgehead atoms. The largest absolute Gasteiger partial charge is 0.472 e. The van der Waals surface area contributed by atoms with Crippen LogP contribution in [-0.2, 0) is 27.4 Å². The number of amides is 1. The summed E-state index contributed by atoms with van der Waals surface area (Å²) in [6.45, 7) is 6.09.